The number of aromatic amines is 1. The van der Waals surface area contributed by atoms with E-state index in [1.807, 2.05) is 0 Å². The molecule has 4 N–H and O–H groups in total. The molecule has 2 aromatic rings. The van der Waals surface area contributed by atoms with Crippen molar-refractivity contribution in [1.82, 2.24) is 15.2 Å². The molecule has 8 nitrogen and oxygen atoms in total. The minimum absolute atomic E-state index is 0.00663. The van der Waals surface area contributed by atoms with E-state index in [4.69, 9.17) is 9.84 Å². The lowest BCUT2D eigenvalue weighted by Gasteiger charge is -2.04. The van der Waals surface area contributed by atoms with Gasteiger partial charge in [-0.1, -0.05) is 0 Å². The molecular weight excluding hydrogens is 252 g/mol. The summed E-state index contributed by atoms with van der Waals surface area (Å²) >= 11 is 0. The Morgan fingerprint density at radius 2 is 2.26 bits per heavy atom. The number of amides is 1. The first kappa shape index (κ1) is 12.7. The van der Waals surface area contributed by atoms with Crippen LogP contribution in [0.25, 0.3) is 0 Å². The van der Waals surface area contributed by atoms with Crippen molar-refractivity contribution in [1.29, 1.82) is 0 Å². The Labute approximate surface area is 108 Å². The highest BCUT2D eigenvalue weighted by Gasteiger charge is 2.14. The molecule has 0 atom stereocenters. The van der Waals surface area contributed by atoms with Gasteiger partial charge in [0.05, 0.1) is 12.2 Å². The largest absolute Gasteiger partial charge is 0.508 e. The van der Waals surface area contributed by atoms with Crippen LogP contribution in [0.3, 0.4) is 0 Å². The van der Waals surface area contributed by atoms with Gasteiger partial charge in [-0.15, -0.1) is 5.10 Å². The number of aromatic nitrogens is 3. The average Bonchev–Trinajstić information content (AvgIpc) is 2.76. The van der Waals surface area contributed by atoms with Crippen LogP contribution in [0.4, 0.5) is 5.95 Å². The summed E-state index contributed by atoms with van der Waals surface area (Å²) in [6.45, 7) is 2.19. The first-order valence-electron chi connectivity index (χ1n) is 5.48. The second-order valence-electron chi connectivity index (χ2n) is 3.56. The second-order valence-corrected chi connectivity index (χ2v) is 3.56. The number of hydrogen-bond donors (Lipinski definition) is 4. The van der Waals surface area contributed by atoms with Crippen LogP contribution in [-0.2, 0) is 0 Å². The van der Waals surface area contributed by atoms with Gasteiger partial charge < -0.3 is 14.9 Å². The molecule has 2 rings (SSSR count). The van der Waals surface area contributed by atoms with E-state index in [9.17, 15) is 9.90 Å². The van der Waals surface area contributed by atoms with Crippen molar-refractivity contribution in [2.24, 2.45) is 0 Å². The van der Waals surface area contributed by atoms with E-state index in [-0.39, 0.29) is 29.0 Å². The number of carbonyl (C=O) groups excluding carboxylic acids is 1. The minimum atomic E-state index is -0.586. The van der Waals surface area contributed by atoms with Crippen LogP contribution in [0.15, 0.2) is 18.2 Å². The summed E-state index contributed by atoms with van der Waals surface area (Å²) < 4.78 is 5.03. The molecule has 1 aromatic carbocycles. The third-order valence-electron chi connectivity index (χ3n) is 2.20. The third kappa shape index (κ3) is 2.92. The average molecular weight is 264 g/mol. The summed E-state index contributed by atoms with van der Waals surface area (Å²) in [6.07, 6.45) is 0. The van der Waals surface area contributed by atoms with Crippen LogP contribution in [-0.4, -0.2) is 37.9 Å². The molecule has 1 amide bonds. The fourth-order valence-corrected chi connectivity index (χ4v) is 1.38. The van der Waals surface area contributed by atoms with Crippen LogP contribution < -0.4 is 10.1 Å². The van der Waals surface area contributed by atoms with E-state index in [0.717, 1.165) is 6.07 Å². The third-order valence-corrected chi connectivity index (χ3v) is 2.20. The molecular formula is C11H12N4O4. The SMILES string of the molecule is CCOc1n[nH]c(NC(=O)c2ccc(O)cc2O)n1. The summed E-state index contributed by atoms with van der Waals surface area (Å²) in [5.74, 6) is -0.952. The lowest BCUT2D eigenvalue weighted by molar-refractivity contribution is 0.102. The molecule has 0 spiro atoms. The lowest BCUT2D eigenvalue weighted by Crippen LogP contribution is -2.13. The zero-order chi connectivity index (χ0) is 13.8. The standard InChI is InChI=1S/C11H12N4O4/c1-2-19-11-13-10(14-15-11)12-9(18)7-4-3-6(16)5-8(7)17/h3-5,16-17H,2H2,1H3,(H2,12,13,14,15,18). The molecule has 0 bridgehead atoms. The number of nitrogens with zero attached hydrogens (tertiary/aromatic N) is 2. The number of anilines is 1. The molecule has 0 fully saturated rings. The monoisotopic (exact) mass is 264 g/mol. The maximum atomic E-state index is 11.8. The first-order chi connectivity index (χ1) is 9.10. The summed E-state index contributed by atoms with van der Waals surface area (Å²) in [4.78, 5) is 15.7. The number of nitrogens with one attached hydrogen (secondary N) is 2. The molecule has 0 radical (unpaired) electrons. The number of ether oxygens (including phenoxy) is 1. The number of H-pyrrole nitrogens is 1. The normalized spacial score (nSPS) is 10.2. The number of phenolic OH excluding ortho intramolecular Hbond substituents is 2. The van der Waals surface area contributed by atoms with Crippen LogP contribution in [0.1, 0.15) is 17.3 Å². The van der Waals surface area contributed by atoms with Crippen molar-refractivity contribution < 1.29 is 19.7 Å². The Morgan fingerprint density at radius 1 is 1.47 bits per heavy atom. The summed E-state index contributed by atoms with van der Waals surface area (Å²) in [7, 11) is 0. The van der Waals surface area contributed by atoms with Gasteiger partial charge in [0.1, 0.15) is 11.5 Å². The van der Waals surface area contributed by atoms with Gasteiger partial charge in [0.15, 0.2) is 0 Å². The van der Waals surface area contributed by atoms with E-state index in [0.29, 0.717) is 6.61 Å². The maximum Gasteiger partial charge on any atom is 0.337 e. The van der Waals surface area contributed by atoms with Crippen molar-refractivity contribution in [3.63, 3.8) is 0 Å². The minimum Gasteiger partial charge on any atom is -0.508 e. The number of aromatic hydroxyl groups is 2. The van der Waals surface area contributed by atoms with Crippen molar-refractivity contribution in [3.05, 3.63) is 23.8 Å². The van der Waals surface area contributed by atoms with Crippen LogP contribution in [0.5, 0.6) is 17.5 Å². The van der Waals surface area contributed by atoms with Gasteiger partial charge in [-0.2, -0.15) is 4.98 Å². The van der Waals surface area contributed by atoms with E-state index in [1.54, 1.807) is 6.92 Å². The fourth-order valence-electron chi connectivity index (χ4n) is 1.38. The van der Waals surface area contributed by atoms with Gasteiger partial charge in [-0.25, -0.2) is 5.10 Å². The van der Waals surface area contributed by atoms with Crippen LogP contribution >= 0.6 is 0 Å². The molecule has 1 heterocycles. The molecule has 0 aliphatic heterocycles. The van der Waals surface area contributed by atoms with Crippen LogP contribution in [0.2, 0.25) is 0 Å². The van der Waals surface area contributed by atoms with Crippen molar-refractivity contribution in [2.75, 3.05) is 11.9 Å². The molecule has 100 valence electrons. The van der Waals surface area contributed by atoms with E-state index in [2.05, 4.69) is 20.5 Å². The number of hydrogen-bond acceptors (Lipinski definition) is 6. The van der Waals surface area contributed by atoms with E-state index in [1.165, 1.54) is 12.1 Å². The molecule has 0 unspecified atom stereocenters. The highest BCUT2D eigenvalue weighted by Crippen LogP contribution is 2.23. The number of rotatable bonds is 4. The Kier molecular flexibility index (Phi) is 3.51. The highest BCUT2D eigenvalue weighted by molar-refractivity contribution is 6.05. The first-order valence-corrected chi connectivity index (χ1v) is 5.48. The highest BCUT2D eigenvalue weighted by atomic mass is 16.5. The molecule has 0 aliphatic rings. The molecule has 0 aliphatic carbocycles. The Balaban J connectivity index is 2.11. The second kappa shape index (κ2) is 5.25. The number of phenols is 2. The quantitative estimate of drug-likeness (QED) is 0.650. The van der Waals surface area contributed by atoms with Crippen molar-refractivity contribution >= 4 is 11.9 Å². The Bertz CT molecular complexity index is 596. The number of benzene rings is 1. The number of carbonyl (C=O) groups is 1. The molecule has 8 heteroatoms. The topological polar surface area (TPSA) is 120 Å². The molecule has 0 saturated heterocycles. The lowest BCUT2D eigenvalue weighted by atomic mass is 10.2. The van der Waals surface area contributed by atoms with Gasteiger partial charge in [0, 0.05) is 6.07 Å². The van der Waals surface area contributed by atoms with E-state index >= 15 is 0 Å². The van der Waals surface area contributed by atoms with Crippen LogP contribution in [0, 0.1) is 0 Å². The summed E-state index contributed by atoms with van der Waals surface area (Å²) in [5.41, 5.74) is 0.00663. The Morgan fingerprint density at radius 3 is 2.95 bits per heavy atom. The summed E-state index contributed by atoms with van der Waals surface area (Å²) in [6, 6.07) is 3.77. The van der Waals surface area contributed by atoms with Gasteiger partial charge >= 0.3 is 6.01 Å². The van der Waals surface area contributed by atoms with Gasteiger partial charge in [0.25, 0.3) is 5.91 Å². The Hall–Kier alpha value is -2.77. The van der Waals surface area contributed by atoms with Gasteiger partial charge in [0.2, 0.25) is 5.95 Å². The fraction of sp³-hybridized carbons (Fsp3) is 0.182. The molecule has 1 aromatic heterocycles. The van der Waals surface area contributed by atoms with Gasteiger partial charge in [-0.05, 0) is 19.1 Å². The van der Waals surface area contributed by atoms with Crippen molar-refractivity contribution in [3.8, 4) is 17.5 Å². The van der Waals surface area contributed by atoms with Crippen molar-refractivity contribution in [2.45, 2.75) is 6.92 Å². The predicted octanol–water partition coefficient (Wildman–Crippen LogP) is 0.867. The van der Waals surface area contributed by atoms with E-state index < -0.39 is 5.91 Å². The smallest absolute Gasteiger partial charge is 0.337 e. The molecule has 0 saturated carbocycles. The maximum absolute atomic E-state index is 11.8. The predicted molar refractivity (Wildman–Crippen MR) is 65.3 cm³/mol. The zero-order valence-corrected chi connectivity index (χ0v) is 10.0. The summed E-state index contributed by atoms with van der Waals surface area (Å²) in [5, 5.41) is 27.3. The van der Waals surface area contributed by atoms with Gasteiger partial charge in [-0.3, -0.25) is 10.1 Å². The molecule has 19 heavy (non-hydrogen) atoms. The zero-order valence-electron chi connectivity index (χ0n) is 10.0.